The van der Waals surface area contributed by atoms with Gasteiger partial charge >= 0.3 is 0 Å². The molecule has 0 aliphatic heterocycles. The number of sulfonamides is 1. The molecule has 0 saturated heterocycles. The number of benzene rings is 2. The fourth-order valence-electron chi connectivity index (χ4n) is 2.65. The SMILES string of the molecule is CN(C)S(=O)(=O)c1ccccc1CNC(=O)c1[nH]c2ccc(Cl)cc2c1Cl. The maximum Gasteiger partial charge on any atom is 0.269 e. The second-order valence-corrected chi connectivity index (χ2v) is 9.02. The Morgan fingerprint density at radius 2 is 1.85 bits per heavy atom. The second kappa shape index (κ2) is 7.52. The Morgan fingerprint density at radius 3 is 2.56 bits per heavy atom. The number of rotatable bonds is 5. The van der Waals surface area contributed by atoms with E-state index in [0.29, 0.717) is 21.5 Å². The third-order valence-corrected chi connectivity index (χ3v) is 6.64. The molecule has 9 heteroatoms. The summed E-state index contributed by atoms with van der Waals surface area (Å²) in [6.07, 6.45) is 0. The van der Waals surface area contributed by atoms with Crippen molar-refractivity contribution in [1.82, 2.24) is 14.6 Å². The van der Waals surface area contributed by atoms with Crippen LogP contribution in [0.25, 0.3) is 10.9 Å². The van der Waals surface area contributed by atoms with E-state index in [1.165, 1.54) is 20.2 Å². The zero-order chi connectivity index (χ0) is 19.8. The molecule has 1 heterocycles. The van der Waals surface area contributed by atoms with Gasteiger partial charge in [0.2, 0.25) is 10.0 Å². The molecule has 0 fully saturated rings. The van der Waals surface area contributed by atoms with Gasteiger partial charge in [0.25, 0.3) is 5.91 Å². The van der Waals surface area contributed by atoms with Gasteiger partial charge in [-0.1, -0.05) is 41.4 Å². The minimum Gasteiger partial charge on any atom is -0.349 e. The zero-order valence-corrected chi connectivity index (χ0v) is 16.9. The van der Waals surface area contributed by atoms with E-state index >= 15 is 0 Å². The van der Waals surface area contributed by atoms with Crippen LogP contribution >= 0.6 is 23.2 Å². The second-order valence-electron chi connectivity index (χ2n) is 6.08. The van der Waals surface area contributed by atoms with E-state index in [4.69, 9.17) is 23.2 Å². The molecule has 0 unspecified atom stereocenters. The first-order chi connectivity index (χ1) is 12.7. The van der Waals surface area contributed by atoms with E-state index in [0.717, 1.165) is 4.31 Å². The highest BCUT2D eigenvalue weighted by molar-refractivity contribution is 7.89. The lowest BCUT2D eigenvalue weighted by Crippen LogP contribution is -2.27. The van der Waals surface area contributed by atoms with Gasteiger partial charge in [-0.15, -0.1) is 0 Å². The Balaban J connectivity index is 1.87. The van der Waals surface area contributed by atoms with Gasteiger partial charge in [0.05, 0.1) is 9.92 Å². The van der Waals surface area contributed by atoms with Crippen LogP contribution in [0.1, 0.15) is 16.1 Å². The molecule has 1 aromatic heterocycles. The van der Waals surface area contributed by atoms with E-state index in [9.17, 15) is 13.2 Å². The summed E-state index contributed by atoms with van der Waals surface area (Å²) in [5, 5.41) is 4.13. The molecule has 27 heavy (non-hydrogen) atoms. The van der Waals surface area contributed by atoms with Crippen molar-refractivity contribution in [2.45, 2.75) is 11.4 Å². The standard InChI is InChI=1S/C18H17Cl2N3O3S/c1-23(2)27(25,26)15-6-4-3-5-11(15)10-21-18(24)17-16(20)13-9-12(19)7-8-14(13)22-17/h3-9,22H,10H2,1-2H3,(H,21,24). The normalized spacial score (nSPS) is 11.9. The van der Waals surface area contributed by atoms with Gasteiger partial charge in [0.15, 0.2) is 0 Å². The highest BCUT2D eigenvalue weighted by atomic mass is 35.5. The Kier molecular flexibility index (Phi) is 5.48. The number of aromatic amines is 1. The minimum absolute atomic E-state index is 0.0362. The van der Waals surface area contributed by atoms with Crippen molar-refractivity contribution < 1.29 is 13.2 Å². The van der Waals surface area contributed by atoms with Crippen LogP contribution < -0.4 is 5.32 Å². The predicted octanol–water partition coefficient (Wildman–Crippen LogP) is 3.66. The van der Waals surface area contributed by atoms with Crippen LogP contribution in [0.5, 0.6) is 0 Å². The summed E-state index contributed by atoms with van der Waals surface area (Å²) < 4.78 is 26.0. The number of aromatic nitrogens is 1. The van der Waals surface area contributed by atoms with E-state index in [-0.39, 0.29) is 22.2 Å². The van der Waals surface area contributed by atoms with Crippen molar-refractivity contribution >= 4 is 50.0 Å². The number of carbonyl (C=O) groups excluding carboxylic acids is 1. The van der Waals surface area contributed by atoms with Crippen LogP contribution in [0, 0.1) is 0 Å². The van der Waals surface area contributed by atoms with Gasteiger partial charge in [0, 0.05) is 36.6 Å². The molecular weight excluding hydrogens is 409 g/mol. The first-order valence-electron chi connectivity index (χ1n) is 7.97. The fraction of sp³-hybridized carbons (Fsp3) is 0.167. The van der Waals surface area contributed by atoms with Crippen LogP contribution in [-0.2, 0) is 16.6 Å². The molecule has 0 radical (unpaired) electrons. The van der Waals surface area contributed by atoms with E-state index in [2.05, 4.69) is 10.3 Å². The third-order valence-electron chi connectivity index (χ3n) is 4.09. The van der Waals surface area contributed by atoms with Crippen LogP contribution in [0.4, 0.5) is 0 Å². The molecule has 0 aliphatic carbocycles. The average Bonchev–Trinajstić information content (AvgIpc) is 2.96. The number of halogens is 2. The first kappa shape index (κ1) is 19.7. The van der Waals surface area contributed by atoms with Crippen molar-refractivity contribution in [3.8, 4) is 0 Å². The zero-order valence-electron chi connectivity index (χ0n) is 14.6. The smallest absolute Gasteiger partial charge is 0.269 e. The van der Waals surface area contributed by atoms with E-state index in [1.54, 1.807) is 36.4 Å². The van der Waals surface area contributed by atoms with Crippen molar-refractivity contribution in [3.05, 3.63) is 63.8 Å². The molecule has 1 amide bonds. The number of fused-ring (bicyclic) bond motifs is 1. The lowest BCUT2D eigenvalue weighted by atomic mass is 10.2. The molecule has 0 aliphatic rings. The fourth-order valence-corrected chi connectivity index (χ4v) is 4.23. The molecule has 6 nitrogen and oxygen atoms in total. The topological polar surface area (TPSA) is 82.3 Å². The summed E-state index contributed by atoms with van der Waals surface area (Å²) in [4.78, 5) is 15.7. The lowest BCUT2D eigenvalue weighted by Gasteiger charge is -2.15. The maximum absolute atomic E-state index is 12.6. The molecule has 2 N–H and O–H groups in total. The number of nitrogens with one attached hydrogen (secondary N) is 2. The Bertz CT molecular complexity index is 1120. The van der Waals surface area contributed by atoms with Gasteiger partial charge < -0.3 is 10.3 Å². The van der Waals surface area contributed by atoms with E-state index < -0.39 is 15.9 Å². The monoisotopic (exact) mass is 425 g/mol. The average molecular weight is 426 g/mol. The number of nitrogens with zero attached hydrogens (tertiary/aromatic N) is 1. The predicted molar refractivity (Wildman–Crippen MR) is 107 cm³/mol. The van der Waals surface area contributed by atoms with Crippen LogP contribution in [0.3, 0.4) is 0 Å². The molecule has 3 aromatic rings. The minimum atomic E-state index is -3.62. The van der Waals surface area contributed by atoms with Crippen molar-refractivity contribution in [1.29, 1.82) is 0 Å². The van der Waals surface area contributed by atoms with Crippen molar-refractivity contribution in [2.75, 3.05) is 14.1 Å². The van der Waals surface area contributed by atoms with E-state index in [1.807, 2.05) is 0 Å². The number of hydrogen-bond acceptors (Lipinski definition) is 3. The highest BCUT2D eigenvalue weighted by Crippen LogP contribution is 2.29. The molecule has 0 spiro atoms. The quantitative estimate of drug-likeness (QED) is 0.654. The van der Waals surface area contributed by atoms with Gasteiger partial charge in [-0.2, -0.15) is 0 Å². The first-order valence-corrected chi connectivity index (χ1v) is 10.2. The summed E-state index contributed by atoms with van der Waals surface area (Å²) in [6, 6.07) is 11.6. The summed E-state index contributed by atoms with van der Waals surface area (Å²) in [5.74, 6) is -0.440. The van der Waals surface area contributed by atoms with Gasteiger partial charge in [-0.05, 0) is 29.8 Å². The molecule has 0 atom stereocenters. The molecule has 2 aromatic carbocycles. The van der Waals surface area contributed by atoms with Crippen LogP contribution in [0.2, 0.25) is 10.0 Å². The summed E-state index contributed by atoms with van der Waals surface area (Å²) in [6.45, 7) is 0.0362. The summed E-state index contributed by atoms with van der Waals surface area (Å²) in [7, 11) is -0.703. The van der Waals surface area contributed by atoms with Gasteiger partial charge in [-0.25, -0.2) is 12.7 Å². The number of H-pyrrole nitrogens is 1. The Labute approximate surface area is 167 Å². The molecule has 0 bridgehead atoms. The Hall–Kier alpha value is -2.06. The van der Waals surface area contributed by atoms with Gasteiger partial charge in [-0.3, -0.25) is 4.79 Å². The van der Waals surface area contributed by atoms with Crippen LogP contribution in [-0.4, -0.2) is 37.7 Å². The molecular formula is C18H17Cl2N3O3S. The summed E-state index contributed by atoms with van der Waals surface area (Å²) >= 11 is 12.3. The molecule has 3 rings (SSSR count). The highest BCUT2D eigenvalue weighted by Gasteiger charge is 2.22. The largest absolute Gasteiger partial charge is 0.349 e. The Morgan fingerprint density at radius 1 is 1.15 bits per heavy atom. The molecule has 0 saturated carbocycles. The summed E-state index contributed by atoms with van der Waals surface area (Å²) in [5.41, 5.74) is 1.36. The van der Waals surface area contributed by atoms with Gasteiger partial charge in [0.1, 0.15) is 5.69 Å². The number of hydrogen-bond donors (Lipinski definition) is 2. The van der Waals surface area contributed by atoms with Crippen LogP contribution in [0.15, 0.2) is 47.4 Å². The van der Waals surface area contributed by atoms with Crippen molar-refractivity contribution in [3.63, 3.8) is 0 Å². The maximum atomic E-state index is 12.6. The number of carbonyl (C=O) groups is 1. The number of amides is 1. The lowest BCUT2D eigenvalue weighted by molar-refractivity contribution is 0.0946. The molecule has 142 valence electrons. The van der Waals surface area contributed by atoms with Crippen molar-refractivity contribution in [2.24, 2.45) is 0 Å². The third kappa shape index (κ3) is 3.82.